The average molecular weight is 445 g/mol. The van der Waals surface area contributed by atoms with Gasteiger partial charge < -0.3 is 9.64 Å². The van der Waals surface area contributed by atoms with Crippen LogP contribution < -0.4 is 14.5 Å². The molecule has 2 saturated heterocycles. The summed E-state index contributed by atoms with van der Waals surface area (Å²) < 4.78 is 5.68. The van der Waals surface area contributed by atoms with Crippen molar-refractivity contribution < 1.29 is 9.53 Å². The van der Waals surface area contributed by atoms with Gasteiger partial charge in [-0.15, -0.1) is 0 Å². The SMILES string of the molecule is COc1ccc(N2C(=O)/C(=C\c3ccc(N4CCCC4)cc3C)SC2=S)cc1Cl. The number of amides is 1. The number of nitrogens with zero attached hydrogens (tertiary/aromatic N) is 2. The van der Waals surface area contributed by atoms with Crippen molar-refractivity contribution in [2.24, 2.45) is 0 Å². The predicted octanol–water partition coefficient (Wildman–Crippen LogP) is 5.66. The first-order chi connectivity index (χ1) is 14.0. The number of thioether (sulfide) groups is 1. The quantitative estimate of drug-likeness (QED) is 0.448. The summed E-state index contributed by atoms with van der Waals surface area (Å²) in [7, 11) is 1.56. The van der Waals surface area contributed by atoms with E-state index in [1.807, 2.05) is 6.08 Å². The van der Waals surface area contributed by atoms with Gasteiger partial charge in [0.05, 0.1) is 22.7 Å². The summed E-state index contributed by atoms with van der Waals surface area (Å²) in [4.78, 5) is 17.6. The molecule has 2 aliphatic heterocycles. The van der Waals surface area contributed by atoms with Gasteiger partial charge in [-0.05, 0) is 67.3 Å². The van der Waals surface area contributed by atoms with E-state index in [1.54, 1.807) is 25.3 Å². The van der Waals surface area contributed by atoms with Crippen LogP contribution in [-0.4, -0.2) is 30.4 Å². The molecule has 0 atom stereocenters. The zero-order valence-corrected chi connectivity index (χ0v) is 18.7. The van der Waals surface area contributed by atoms with Gasteiger partial charge in [0.25, 0.3) is 5.91 Å². The summed E-state index contributed by atoms with van der Waals surface area (Å²) in [5.41, 5.74) is 4.06. The number of carbonyl (C=O) groups excluding carboxylic acids is 1. The Bertz CT molecular complexity index is 1020. The molecule has 1 amide bonds. The third-order valence-corrected chi connectivity index (χ3v) is 6.80. The van der Waals surface area contributed by atoms with Crippen LogP contribution in [0.4, 0.5) is 11.4 Å². The van der Waals surface area contributed by atoms with E-state index >= 15 is 0 Å². The molecule has 0 unspecified atom stereocenters. The number of carbonyl (C=O) groups is 1. The maximum atomic E-state index is 13.0. The third kappa shape index (κ3) is 4.02. The van der Waals surface area contributed by atoms with Crippen LogP contribution in [0.5, 0.6) is 5.75 Å². The number of halogens is 1. The van der Waals surface area contributed by atoms with Crippen molar-refractivity contribution in [3.63, 3.8) is 0 Å². The lowest BCUT2D eigenvalue weighted by Gasteiger charge is -2.18. The van der Waals surface area contributed by atoms with Gasteiger partial charge in [0, 0.05) is 18.8 Å². The molecule has 0 aliphatic carbocycles. The first kappa shape index (κ1) is 20.3. The number of ether oxygens (including phenoxy) is 1. The fourth-order valence-corrected chi connectivity index (χ4v) is 5.16. The molecule has 2 fully saturated rings. The van der Waals surface area contributed by atoms with Crippen molar-refractivity contribution in [3.05, 3.63) is 57.5 Å². The smallest absolute Gasteiger partial charge is 0.270 e. The molecule has 0 spiro atoms. The minimum absolute atomic E-state index is 0.135. The van der Waals surface area contributed by atoms with Gasteiger partial charge in [-0.25, -0.2) is 0 Å². The Labute approximate surface area is 185 Å². The zero-order chi connectivity index (χ0) is 20.5. The van der Waals surface area contributed by atoms with E-state index in [1.165, 1.54) is 35.2 Å². The van der Waals surface area contributed by atoms with Crippen molar-refractivity contribution in [2.45, 2.75) is 19.8 Å². The average Bonchev–Trinajstić information content (AvgIpc) is 3.32. The summed E-state index contributed by atoms with van der Waals surface area (Å²) in [6.45, 7) is 4.30. The normalized spacial score (nSPS) is 18.2. The minimum atomic E-state index is -0.135. The van der Waals surface area contributed by atoms with Gasteiger partial charge in [-0.3, -0.25) is 9.69 Å². The lowest BCUT2D eigenvalue weighted by atomic mass is 10.1. The number of methoxy groups -OCH3 is 1. The highest BCUT2D eigenvalue weighted by Gasteiger charge is 2.33. The highest BCUT2D eigenvalue weighted by Crippen LogP contribution is 2.39. The second-order valence-electron chi connectivity index (χ2n) is 7.07. The molecule has 4 rings (SSSR count). The van der Waals surface area contributed by atoms with Crippen LogP contribution in [0.15, 0.2) is 41.3 Å². The van der Waals surface area contributed by atoms with Crippen LogP contribution in [0.1, 0.15) is 24.0 Å². The Hall–Kier alpha value is -2.02. The van der Waals surface area contributed by atoms with Gasteiger partial charge in [-0.1, -0.05) is 41.6 Å². The molecule has 7 heteroatoms. The number of benzene rings is 2. The fraction of sp³-hybridized carbons (Fsp3) is 0.273. The summed E-state index contributed by atoms with van der Waals surface area (Å²) in [6, 6.07) is 11.6. The highest BCUT2D eigenvalue weighted by molar-refractivity contribution is 8.27. The largest absolute Gasteiger partial charge is 0.495 e. The van der Waals surface area contributed by atoms with Crippen LogP contribution in [-0.2, 0) is 4.79 Å². The number of anilines is 2. The maximum absolute atomic E-state index is 13.0. The molecule has 2 aromatic rings. The number of thiocarbonyl (C=S) groups is 1. The van der Waals surface area contributed by atoms with Gasteiger partial charge >= 0.3 is 0 Å². The first-order valence-corrected chi connectivity index (χ1v) is 11.1. The zero-order valence-electron chi connectivity index (χ0n) is 16.3. The van der Waals surface area contributed by atoms with Crippen molar-refractivity contribution >= 4 is 63.3 Å². The van der Waals surface area contributed by atoms with Crippen molar-refractivity contribution in [2.75, 3.05) is 30.0 Å². The van der Waals surface area contributed by atoms with E-state index in [2.05, 4.69) is 30.0 Å². The number of hydrogen-bond donors (Lipinski definition) is 0. The summed E-state index contributed by atoms with van der Waals surface area (Å²) in [5.74, 6) is 0.425. The van der Waals surface area contributed by atoms with Crippen LogP contribution >= 0.6 is 35.6 Å². The van der Waals surface area contributed by atoms with Crippen LogP contribution in [0.3, 0.4) is 0 Å². The highest BCUT2D eigenvalue weighted by atomic mass is 35.5. The van der Waals surface area contributed by atoms with Gasteiger partial charge in [0.15, 0.2) is 4.32 Å². The van der Waals surface area contributed by atoms with E-state index < -0.39 is 0 Å². The first-order valence-electron chi connectivity index (χ1n) is 9.45. The predicted molar refractivity (Wildman–Crippen MR) is 126 cm³/mol. The topological polar surface area (TPSA) is 32.8 Å². The van der Waals surface area contributed by atoms with E-state index in [9.17, 15) is 4.79 Å². The number of rotatable bonds is 4. The molecule has 2 aliphatic rings. The van der Waals surface area contributed by atoms with E-state index in [0.717, 1.165) is 24.2 Å². The summed E-state index contributed by atoms with van der Waals surface area (Å²) in [5, 5.41) is 0.441. The number of aryl methyl sites for hydroxylation is 1. The fourth-order valence-electron chi connectivity index (χ4n) is 3.62. The van der Waals surface area contributed by atoms with E-state index in [4.69, 9.17) is 28.6 Å². The van der Waals surface area contributed by atoms with Crippen LogP contribution in [0.25, 0.3) is 6.08 Å². The molecular weight excluding hydrogens is 424 g/mol. The summed E-state index contributed by atoms with van der Waals surface area (Å²) >= 11 is 13.0. The minimum Gasteiger partial charge on any atom is -0.495 e. The van der Waals surface area contributed by atoms with E-state index in [-0.39, 0.29) is 5.91 Å². The summed E-state index contributed by atoms with van der Waals surface area (Å²) in [6.07, 6.45) is 4.42. The standard InChI is InChI=1S/C22H21ClN2O2S2/c1-14-11-16(24-9-3-4-10-24)6-5-15(14)12-20-21(26)25(22(28)29-20)17-7-8-19(27-2)18(23)13-17/h5-8,11-13H,3-4,9-10H2,1-2H3/b20-12+. The van der Waals surface area contributed by atoms with Crippen LogP contribution in [0, 0.1) is 6.92 Å². The molecule has 0 aromatic heterocycles. The lowest BCUT2D eigenvalue weighted by Crippen LogP contribution is -2.27. The molecule has 2 heterocycles. The molecule has 4 nitrogen and oxygen atoms in total. The van der Waals surface area contributed by atoms with Gasteiger partial charge in [0.1, 0.15) is 5.75 Å². The molecule has 29 heavy (non-hydrogen) atoms. The van der Waals surface area contributed by atoms with E-state index in [0.29, 0.717) is 25.7 Å². The van der Waals surface area contributed by atoms with Gasteiger partial charge in [-0.2, -0.15) is 0 Å². The Morgan fingerprint density at radius 2 is 1.86 bits per heavy atom. The van der Waals surface area contributed by atoms with Gasteiger partial charge in [0.2, 0.25) is 0 Å². The van der Waals surface area contributed by atoms with Crippen LogP contribution in [0.2, 0.25) is 5.02 Å². The molecule has 2 aromatic carbocycles. The third-order valence-electron chi connectivity index (χ3n) is 5.20. The second-order valence-corrected chi connectivity index (χ2v) is 9.15. The Morgan fingerprint density at radius 1 is 1.14 bits per heavy atom. The van der Waals surface area contributed by atoms with Crippen molar-refractivity contribution in [1.82, 2.24) is 0 Å². The molecule has 150 valence electrons. The Kier molecular flexibility index (Phi) is 5.86. The lowest BCUT2D eigenvalue weighted by molar-refractivity contribution is -0.113. The van der Waals surface area contributed by atoms with Crippen molar-refractivity contribution in [3.8, 4) is 5.75 Å². The molecule has 0 bridgehead atoms. The number of hydrogen-bond acceptors (Lipinski definition) is 5. The Balaban J connectivity index is 1.60. The molecular formula is C22H21ClN2O2S2. The Morgan fingerprint density at radius 3 is 2.52 bits per heavy atom. The second kappa shape index (κ2) is 8.38. The molecule has 0 radical (unpaired) electrons. The maximum Gasteiger partial charge on any atom is 0.270 e. The molecule has 0 saturated carbocycles. The molecule has 0 N–H and O–H groups in total. The monoisotopic (exact) mass is 444 g/mol. The van der Waals surface area contributed by atoms with Crippen molar-refractivity contribution in [1.29, 1.82) is 0 Å².